The molecule has 0 radical (unpaired) electrons. The zero-order valence-corrected chi connectivity index (χ0v) is 15.9. The second-order valence-electron chi connectivity index (χ2n) is 5.20. The van der Waals surface area contributed by atoms with E-state index in [0.717, 1.165) is 44.3 Å². The van der Waals surface area contributed by atoms with E-state index in [1.54, 1.807) is 13.2 Å². The van der Waals surface area contributed by atoms with Gasteiger partial charge in [0.1, 0.15) is 5.76 Å². The summed E-state index contributed by atoms with van der Waals surface area (Å²) in [6, 6.07) is 3.84. The van der Waals surface area contributed by atoms with Crippen molar-refractivity contribution in [2.45, 2.75) is 13.3 Å². The van der Waals surface area contributed by atoms with Crippen LogP contribution in [0, 0.1) is 0 Å². The van der Waals surface area contributed by atoms with E-state index in [1.807, 2.05) is 23.1 Å². The van der Waals surface area contributed by atoms with E-state index in [2.05, 4.69) is 21.8 Å². The quantitative estimate of drug-likeness (QED) is 0.333. The van der Waals surface area contributed by atoms with Crippen LogP contribution in [0.3, 0.4) is 0 Å². The molecule has 1 fully saturated rings. The average Bonchev–Trinajstić information content (AvgIpc) is 3.04. The Kier molecular flexibility index (Phi) is 8.75. The highest BCUT2D eigenvalue weighted by molar-refractivity contribution is 14.0. The molecule has 0 bridgehead atoms. The summed E-state index contributed by atoms with van der Waals surface area (Å²) in [4.78, 5) is 20.1. The summed E-state index contributed by atoms with van der Waals surface area (Å²) in [5.41, 5.74) is 0. The van der Waals surface area contributed by atoms with Crippen molar-refractivity contribution in [1.82, 2.24) is 15.1 Å². The molecule has 1 amide bonds. The highest BCUT2D eigenvalue weighted by Crippen LogP contribution is 2.04. The summed E-state index contributed by atoms with van der Waals surface area (Å²) in [6.45, 7) is 9.75. The molecule has 0 saturated carbocycles. The maximum absolute atomic E-state index is 11.4. The molecule has 0 atom stereocenters. The summed E-state index contributed by atoms with van der Waals surface area (Å²) >= 11 is 0. The fourth-order valence-electron chi connectivity index (χ4n) is 2.39. The Labute approximate surface area is 154 Å². The summed E-state index contributed by atoms with van der Waals surface area (Å²) in [6.07, 6.45) is 4.27. The Morgan fingerprint density at radius 3 is 2.65 bits per heavy atom. The zero-order valence-electron chi connectivity index (χ0n) is 13.5. The molecule has 23 heavy (non-hydrogen) atoms. The van der Waals surface area contributed by atoms with Gasteiger partial charge in [-0.05, 0) is 12.1 Å². The lowest BCUT2D eigenvalue weighted by molar-refractivity contribution is -0.130. The van der Waals surface area contributed by atoms with Crippen LogP contribution in [0.15, 0.2) is 40.5 Å². The fourth-order valence-corrected chi connectivity index (χ4v) is 2.39. The first-order valence-electron chi connectivity index (χ1n) is 7.62. The van der Waals surface area contributed by atoms with Crippen LogP contribution < -0.4 is 5.32 Å². The van der Waals surface area contributed by atoms with Crippen LogP contribution in [-0.4, -0.2) is 60.9 Å². The lowest BCUT2D eigenvalue weighted by Crippen LogP contribution is -2.53. The number of guanidine groups is 1. The molecule has 1 aromatic rings. The number of carbonyl (C=O) groups is 1. The molecule has 0 aromatic carbocycles. The van der Waals surface area contributed by atoms with Gasteiger partial charge in [0.25, 0.3) is 0 Å². The molecule has 128 valence electrons. The number of rotatable bonds is 5. The van der Waals surface area contributed by atoms with Gasteiger partial charge >= 0.3 is 0 Å². The van der Waals surface area contributed by atoms with E-state index in [4.69, 9.17) is 4.42 Å². The maximum atomic E-state index is 11.4. The second kappa shape index (κ2) is 10.3. The van der Waals surface area contributed by atoms with Crippen LogP contribution in [0.1, 0.15) is 12.7 Å². The number of aliphatic imine (C=N–C) groups is 1. The van der Waals surface area contributed by atoms with E-state index in [-0.39, 0.29) is 29.9 Å². The summed E-state index contributed by atoms with van der Waals surface area (Å²) in [7, 11) is 0. The minimum Gasteiger partial charge on any atom is -0.469 e. The maximum Gasteiger partial charge on any atom is 0.219 e. The van der Waals surface area contributed by atoms with Crippen LogP contribution >= 0.6 is 24.0 Å². The van der Waals surface area contributed by atoms with Crippen LogP contribution in [0.5, 0.6) is 0 Å². The monoisotopic (exact) mass is 432 g/mol. The first-order valence-corrected chi connectivity index (χ1v) is 7.62. The van der Waals surface area contributed by atoms with Crippen LogP contribution in [-0.2, 0) is 11.2 Å². The third-order valence-corrected chi connectivity index (χ3v) is 3.63. The molecular formula is C16H25IN4O2. The Bertz CT molecular complexity index is 508. The van der Waals surface area contributed by atoms with Gasteiger partial charge in [-0.15, -0.1) is 30.6 Å². The van der Waals surface area contributed by atoms with Crippen molar-refractivity contribution in [2.75, 3.05) is 39.3 Å². The molecule has 1 aliphatic rings. The number of hydrogen-bond acceptors (Lipinski definition) is 3. The van der Waals surface area contributed by atoms with Crippen LogP contribution in [0.25, 0.3) is 0 Å². The van der Waals surface area contributed by atoms with Crippen molar-refractivity contribution in [3.05, 3.63) is 36.8 Å². The third kappa shape index (κ3) is 6.25. The largest absolute Gasteiger partial charge is 0.469 e. The van der Waals surface area contributed by atoms with Gasteiger partial charge in [-0.25, -0.2) is 0 Å². The number of nitrogens with one attached hydrogen (secondary N) is 1. The molecule has 1 N–H and O–H groups in total. The molecule has 1 saturated heterocycles. The van der Waals surface area contributed by atoms with E-state index >= 15 is 0 Å². The number of nitrogens with zero attached hydrogens (tertiary/aromatic N) is 3. The van der Waals surface area contributed by atoms with E-state index in [9.17, 15) is 4.79 Å². The topological polar surface area (TPSA) is 61.1 Å². The lowest BCUT2D eigenvalue weighted by Gasteiger charge is -2.36. The predicted octanol–water partition coefficient (Wildman–Crippen LogP) is 1.74. The lowest BCUT2D eigenvalue weighted by atomic mass is 10.3. The van der Waals surface area contributed by atoms with E-state index < -0.39 is 0 Å². The first-order chi connectivity index (χ1) is 10.7. The van der Waals surface area contributed by atoms with Crippen molar-refractivity contribution in [1.29, 1.82) is 0 Å². The van der Waals surface area contributed by atoms with Gasteiger partial charge < -0.3 is 19.5 Å². The van der Waals surface area contributed by atoms with Crippen molar-refractivity contribution in [3.63, 3.8) is 0 Å². The number of halogens is 1. The smallest absolute Gasteiger partial charge is 0.219 e. The van der Waals surface area contributed by atoms with Gasteiger partial charge in [0.2, 0.25) is 5.91 Å². The SMILES string of the molecule is C=CCNC(=NCCc1ccco1)N1CCN(C(C)=O)CC1.I. The minimum absolute atomic E-state index is 0. The molecule has 6 nitrogen and oxygen atoms in total. The zero-order chi connectivity index (χ0) is 15.8. The van der Waals surface area contributed by atoms with Gasteiger partial charge in [-0.2, -0.15) is 0 Å². The van der Waals surface area contributed by atoms with Gasteiger partial charge in [-0.3, -0.25) is 9.79 Å². The first kappa shape index (κ1) is 19.5. The number of amides is 1. The van der Waals surface area contributed by atoms with Crippen LogP contribution in [0.4, 0.5) is 0 Å². The number of furan rings is 1. The summed E-state index contributed by atoms with van der Waals surface area (Å²) in [5.74, 6) is 1.94. The highest BCUT2D eigenvalue weighted by atomic mass is 127. The number of carbonyl (C=O) groups excluding carboxylic acids is 1. The van der Waals surface area contributed by atoms with Crippen molar-refractivity contribution < 1.29 is 9.21 Å². The average molecular weight is 432 g/mol. The molecule has 0 spiro atoms. The molecule has 1 aliphatic heterocycles. The summed E-state index contributed by atoms with van der Waals surface area (Å²) in [5, 5.41) is 3.29. The van der Waals surface area contributed by atoms with Gasteiger partial charge in [-0.1, -0.05) is 6.08 Å². The molecule has 1 aromatic heterocycles. The predicted molar refractivity (Wildman–Crippen MR) is 102 cm³/mol. The third-order valence-electron chi connectivity index (χ3n) is 3.63. The standard InChI is InChI=1S/C16H24N4O2.HI/c1-3-7-17-16(18-8-6-15-5-4-13-22-15)20-11-9-19(10-12-20)14(2)21;/h3-5,13H,1,6-12H2,2H3,(H,17,18);1H. The molecular weight excluding hydrogens is 407 g/mol. The number of hydrogen-bond donors (Lipinski definition) is 1. The van der Waals surface area contributed by atoms with Gasteiger partial charge in [0.15, 0.2) is 5.96 Å². The number of piperazine rings is 1. The molecule has 2 heterocycles. The van der Waals surface area contributed by atoms with Gasteiger partial charge in [0, 0.05) is 52.6 Å². The molecule has 0 aliphatic carbocycles. The molecule has 2 rings (SSSR count). The van der Waals surface area contributed by atoms with Crippen LogP contribution in [0.2, 0.25) is 0 Å². The van der Waals surface area contributed by atoms with Crippen molar-refractivity contribution in [2.24, 2.45) is 4.99 Å². The molecule has 7 heteroatoms. The Morgan fingerprint density at radius 2 is 2.09 bits per heavy atom. The molecule has 0 unspecified atom stereocenters. The Morgan fingerprint density at radius 1 is 1.39 bits per heavy atom. The normalized spacial score (nSPS) is 15.1. The highest BCUT2D eigenvalue weighted by Gasteiger charge is 2.20. The Hall–Kier alpha value is -1.51. The second-order valence-corrected chi connectivity index (χ2v) is 5.20. The van der Waals surface area contributed by atoms with Gasteiger partial charge in [0.05, 0.1) is 6.26 Å². The minimum atomic E-state index is 0. The fraction of sp³-hybridized carbons (Fsp3) is 0.500. The van der Waals surface area contributed by atoms with Crippen molar-refractivity contribution >= 4 is 35.8 Å². The van der Waals surface area contributed by atoms with Crippen molar-refractivity contribution in [3.8, 4) is 0 Å². The van der Waals surface area contributed by atoms with E-state index in [1.165, 1.54) is 0 Å². The summed E-state index contributed by atoms with van der Waals surface area (Å²) < 4.78 is 5.32. The Balaban J connectivity index is 0.00000264. The van der Waals surface area contributed by atoms with E-state index in [0.29, 0.717) is 13.1 Å².